The van der Waals surface area contributed by atoms with E-state index in [4.69, 9.17) is 0 Å². The van der Waals surface area contributed by atoms with Crippen LogP contribution in [0, 0.1) is 11.6 Å². The predicted octanol–water partition coefficient (Wildman–Crippen LogP) is 2.09. The lowest BCUT2D eigenvalue weighted by molar-refractivity contribution is 0.172. The average molecular weight is 242 g/mol. The minimum atomic E-state index is -1.04. The summed E-state index contributed by atoms with van der Waals surface area (Å²) in [5.41, 5.74) is 0.190. The van der Waals surface area contributed by atoms with Crippen molar-refractivity contribution in [1.82, 2.24) is 8.75 Å². The van der Waals surface area contributed by atoms with E-state index in [2.05, 4.69) is 8.75 Å². The summed E-state index contributed by atoms with van der Waals surface area (Å²) >= 11 is 0.939. The largest absolute Gasteiger partial charge is 0.386 e. The van der Waals surface area contributed by atoms with Crippen LogP contribution in [0.5, 0.6) is 0 Å². The third-order valence-corrected chi connectivity index (χ3v) is 2.67. The van der Waals surface area contributed by atoms with Crippen molar-refractivity contribution in [3.8, 4) is 0 Å². The minimum Gasteiger partial charge on any atom is -0.386 e. The van der Waals surface area contributed by atoms with Gasteiger partial charge in [-0.15, -0.1) is 0 Å². The second kappa shape index (κ2) is 4.63. The second-order valence-electron chi connectivity index (χ2n) is 3.25. The number of rotatable bonds is 3. The number of aliphatic hydroxyl groups excluding tert-OH is 1. The van der Waals surface area contributed by atoms with Crippen LogP contribution in [0.3, 0.4) is 0 Å². The Labute approximate surface area is 94.7 Å². The first-order valence-electron chi connectivity index (χ1n) is 4.57. The van der Waals surface area contributed by atoms with Crippen molar-refractivity contribution < 1.29 is 13.9 Å². The molecule has 2 rings (SSSR count). The highest BCUT2D eigenvalue weighted by Crippen LogP contribution is 2.20. The van der Waals surface area contributed by atoms with E-state index >= 15 is 0 Å². The molecule has 0 aliphatic carbocycles. The lowest BCUT2D eigenvalue weighted by Gasteiger charge is -2.08. The van der Waals surface area contributed by atoms with Gasteiger partial charge in [0.1, 0.15) is 23.4 Å². The fourth-order valence-corrected chi connectivity index (χ4v) is 1.81. The number of hydrogen-bond acceptors (Lipinski definition) is 4. The minimum absolute atomic E-state index is 0.136. The van der Waals surface area contributed by atoms with Crippen molar-refractivity contribution in [3.05, 3.63) is 47.3 Å². The maximum atomic E-state index is 13.3. The van der Waals surface area contributed by atoms with Gasteiger partial charge in [0.2, 0.25) is 0 Å². The highest BCUT2D eigenvalue weighted by Gasteiger charge is 2.16. The quantitative estimate of drug-likeness (QED) is 0.896. The van der Waals surface area contributed by atoms with E-state index in [1.165, 1.54) is 12.3 Å². The van der Waals surface area contributed by atoms with Crippen LogP contribution in [-0.2, 0) is 6.42 Å². The normalized spacial score (nSPS) is 12.7. The van der Waals surface area contributed by atoms with Crippen LogP contribution in [-0.4, -0.2) is 13.9 Å². The number of aliphatic hydroxyl groups is 1. The Morgan fingerprint density at radius 1 is 1.31 bits per heavy atom. The standard InChI is InChI=1S/C10H8F2N2OS/c11-7-2-1-3-8(12)6(7)4-10(15)9-5-13-16-14-9/h1-3,5,10,15H,4H2. The molecule has 0 aliphatic rings. The molecule has 1 aromatic carbocycles. The van der Waals surface area contributed by atoms with Crippen LogP contribution < -0.4 is 0 Å². The number of benzene rings is 1. The zero-order chi connectivity index (χ0) is 11.5. The maximum Gasteiger partial charge on any atom is 0.129 e. The smallest absolute Gasteiger partial charge is 0.129 e. The Morgan fingerprint density at radius 2 is 2.00 bits per heavy atom. The van der Waals surface area contributed by atoms with Crippen LogP contribution in [0.15, 0.2) is 24.4 Å². The lowest BCUT2D eigenvalue weighted by Crippen LogP contribution is -2.05. The number of halogens is 2. The van der Waals surface area contributed by atoms with E-state index in [0.717, 1.165) is 23.9 Å². The molecule has 0 bridgehead atoms. The Hall–Kier alpha value is -1.40. The molecule has 3 nitrogen and oxygen atoms in total. The fraction of sp³-hybridized carbons (Fsp3) is 0.200. The van der Waals surface area contributed by atoms with Crippen molar-refractivity contribution in [1.29, 1.82) is 0 Å². The van der Waals surface area contributed by atoms with E-state index in [0.29, 0.717) is 5.69 Å². The summed E-state index contributed by atoms with van der Waals surface area (Å²) < 4.78 is 34.1. The van der Waals surface area contributed by atoms with Gasteiger partial charge in [-0.3, -0.25) is 0 Å². The third-order valence-electron chi connectivity index (χ3n) is 2.18. The van der Waals surface area contributed by atoms with Gasteiger partial charge >= 0.3 is 0 Å². The molecule has 0 saturated heterocycles. The molecule has 0 fully saturated rings. The second-order valence-corrected chi connectivity index (χ2v) is 3.81. The van der Waals surface area contributed by atoms with E-state index < -0.39 is 17.7 Å². The van der Waals surface area contributed by atoms with Crippen molar-refractivity contribution in [3.63, 3.8) is 0 Å². The third kappa shape index (κ3) is 2.23. The Morgan fingerprint density at radius 3 is 2.56 bits per heavy atom. The zero-order valence-electron chi connectivity index (χ0n) is 8.10. The van der Waals surface area contributed by atoms with Gasteiger partial charge in [0.15, 0.2) is 0 Å². The molecule has 6 heteroatoms. The number of nitrogens with zero attached hydrogens (tertiary/aromatic N) is 2. The summed E-state index contributed by atoms with van der Waals surface area (Å²) in [5.74, 6) is -1.33. The van der Waals surface area contributed by atoms with Crippen LogP contribution >= 0.6 is 11.7 Å². The SMILES string of the molecule is OC(Cc1c(F)cccc1F)c1cnsn1. The van der Waals surface area contributed by atoms with E-state index in [1.807, 2.05) is 0 Å². The molecule has 16 heavy (non-hydrogen) atoms. The van der Waals surface area contributed by atoms with Gasteiger partial charge in [0.25, 0.3) is 0 Å². The van der Waals surface area contributed by atoms with Gasteiger partial charge in [0, 0.05) is 12.0 Å². The molecule has 0 aliphatic heterocycles. The van der Waals surface area contributed by atoms with Crippen LogP contribution in [0.4, 0.5) is 8.78 Å². The van der Waals surface area contributed by atoms with Crippen molar-refractivity contribution in [2.24, 2.45) is 0 Å². The van der Waals surface area contributed by atoms with Gasteiger partial charge in [0.05, 0.1) is 17.9 Å². The molecule has 0 spiro atoms. The molecule has 1 aromatic heterocycles. The van der Waals surface area contributed by atoms with Gasteiger partial charge in [-0.25, -0.2) is 8.78 Å². The molecule has 84 valence electrons. The van der Waals surface area contributed by atoms with Crippen LogP contribution in [0.1, 0.15) is 17.4 Å². The Balaban J connectivity index is 2.21. The van der Waals surface area contributed by atoms with Gasteiger partial charge < -0.3 is 5.11 Å². The van der Waals surface area contributed by atoms with Gasteiger partial charge in [-0.05, 0) is 12.1 Å². The zero-order valence-corrected chi connectivity index (χ0v) is 8.92. The van der Waals surface area contributed by atoms with E-state index in [9.17, 15) is 13.9 Å². The highest BCUT2D eigenvalue weighted by atomic mass is 32.1. The summed E-state index contributed by atoms with van der Waals surface area (Å²) in [6, 6.07) is 3.60. The summed E-state index contributed by atoms with van der Waals surface area (Å²) in [6.45, 7) is 0. The molecule has 1 unspecified atom stereocenters. The van der Waals surface area contributed by atoms with Gasteiger partial charge in [-0.2, -0.15) is 8.75 Å². The van der Waals surface area contributed by atoms with E-state index in [1.54, 1.807) is 0 Å². The molecule has 0 amide bonds. The first kappa shape index (κ1) is 11.1. The molecule has 1 heterocycles. The molecule has 0 radical (unpaired) electrons. The molecular weight excluding hydrogens is 234 g/mol. The Bertz CT molecular complexity index is 455. The van der Waals surface area contributed by atoms with Crippen molar-refractivity contribution in [2.45, 2.75) is 12.5 Å². The number of aromatic nitrogens is 2. The fourth-order valence-electron chi connectivity index (χ4n) is 1.34. The molecular formula is C10H8F2N2OS. The molecule has 1 atom stereocenters. The summed E-state index contributed by atoms with van der Waals surface area (Å²) in [7, 11) is 0. The highest BCUT2D eigenvalue weighted by molar-refractivity contribution is 6.99. The topological polar surface area (TPSA) is 46.0 Å². The Kier molecular flexibility index (Phi) is 3.21. The van der Waals surface area contributed by atoms with E-state index in [-0.39, 0.29) is 12.0 Å². The monoisotopic (exact) mass is 242 g/mol. The summed E-state index contributed by atoms with van der Waals surface area (Å²) in [4.78, 5) is 0. The maximum absolute atomic E-state index is 13.3. The van der Waals surface area contributed by atoms with Crippen molar-refractivity contribution in [2.75, 3.05) is 0 Å². The number of hydrogen-bond donors (Lipinski definition) is 1. The summed E-state index contributed by atoms with van der Waals surface area (Å²) in [6.07, 6.45) is 0.197. The molecule has 1 N–H and O–H groups in total. The molecule has 0 saturated carbocycles. The average Bonchev–Trinajstić information content (AvgIpc) is 2.76. The van der Waals surface area contributed by atoms with Crippen molar-refractivity contribution >= 4 is 11.7 Å². The first-order valence-corrected chi connectivity index (χ1v) is 5.30. The summed E-state index contributed by atoms with van der Waals surface area (Å²) in [5, 5.41) is 9.68. The van der Waals surface area contributed by atoms with Crippen LogP contribution in [0.25, 0.3) is 0 Å². The lowest BCUT2D eigenvalue weighted by atomic mass is 10.1. The predicted molar refractivity (Wildman–Crippen MR) is 54.9 cm³/mol. The first-order chi connectivity index (χ1) is 7.68. The molecule has 2 aromatic rings. The van der Waals surface area contributed by atoms with Crippen LogP contribution in [0.2, 0.25) is 0 Å². The van der Waals surface area contributed by atoms with Gasteiger partial charge in [-0.1, -0.05) is 6.07 Å².